The third kappa shape index (κ3) is 9.48. The van der Waals surface area contributed by atoms with Crippen LogP contribution in [0.3, 0.4) is 0 Å². The molecule has 0 aromatic carbocycles. The van der Waals surface area contributed by atoms with E-state index >= 15 is 0 Å². The first kappa shape index (κ1) is 19.9. The summed E-state index contributed by atoms with van der Waals surface area (Å²) >= 11 is 0. The second-order valence-corrected chi connectivity index (χ2v) is 5.94. The average molecular weight is 300 g/mol. The second kappa shape index (κ2) is 11.6. The van der Waals surface area contributed by atoms with Crippen molar-refractivity contribution in [3.8, 4) is 0 Å². The maximum atomic E-state index is 11.9. The van der Waals surface area contributed by atoms with Gasteiger partial charge in [0, 0.05) is 0 Å². The normalized spacial score (nSPS) is 13.8. The zero-order chi connectivity index (χ0) is 16.3. The van der Waals surface area contributed by atoms with Crippen LogP contribution < -0.4 is 0 Å². The zero-order valence-electron chi connectivity index (χ0n) is 14.3. The monoisotopic (exact) mass is 300 g/mol. The van der Waals surface area contributed by atoms with Crippen molar-refractivity contribution in [3.05, 3.63) is 0 Å². The van der Waals surface area contributed by atoms with Gasteiger partial charge in [0.05, 0.1) is 24.5 Å². The standard InChI is InChI=1S/C17H32O4/c1-6-8-12-20-17(19)15(7-2)11-9-10-14(5)16(18)21-13(3)4/h13-15H,6-12H2,1-5H3. The number of carbonyl (C=O) groups is 2. The van der Waals surface area contributed by atoms with Gasteiger partial charge in [-0.1, -0.05) is 33.6 Å². The van der Waals surface area contributed by atoms with Crippen LogP contribution in [0.1, 0.15) is 73.1 Å². The minimum Gasteiger partial charge on any atom is -0.465 e. The van der Waals surface area contributed by atoms with E-state index in [-0.39, 0.29) is 29.9 Å². The molecule has 0 radical (unpaired) electrons. The van der Waals surface area contributed by atoms with Gasteiger partial charge in [-0.3, -0.25) is 9.59 Å². The van der Waals surface area contributed by atoms with Gasteiger partial charge in [-0.2, -0.15) is 0 Å². The maximum absolute atomic E-state index is 11.9. The second-order valence-electron chi connectivity index (χ2n) is 5.94. The van der Waals surface area contributed by atoms with Gasteiger partial charge in [0.1, 0.15) is 0 Å². The van der Waals surface area contributed by atoms with E-state index in [0.717, 1.165) is 38.5 Å². The van der Waals surface area contributed by atoms with Gasteiger partial charge in [0.2, 0.25) is 0 Å². The molecular formula is C17H32O4. The van der Waals surface area contributed by atoms with E-state index in [9.17, 15) is 9.59 Å². The van der Waals surface area contributed by atoms with E-state index in [0.29, 0.717) is 6.61 Å². The summed E-state index contributed by atoms with van der Waals surface area (Å²) in [6, 6.07) is 0. The molecule has 0 saturated heterocycles. The molecule has 2 atom stereocenters. The molecule has 0 bridgehead atoms. The molecule has 0 N–H and O–H groups in total. The number of hydrogen-bond donors (Lipinski definition) is 0. The summed E-state index contributed by atoms with van der Waals surface area (Å²) in [5.41, 5.74) is 0. The number of esters is 2. The Bertz CT molecular complexity index is 299. The Morgan fingerprint density at radius 1 is 0.952 bits per heavy atom. The number of hydrogen-bond acceptors (Lipinski definition) is 4. The third-order valence-electron chi connectivity index (χ3n) is 3.51. The van der Waals surface area contributed by atoms with Crippen LogP contribution in [0, 0.1) is 11.8 Å². The average Bonchev–Trinajstić information content (AvgIpc) is 2.42. The van der Waals surface area contributed by atoms with Crippen LogP contribution in [-0.2, 0) is 19.1 Å². The lowest BCUT2D eigenvalue weighted by Gasteiger charge is -2.16. The number of ether oxygens (including phenoxy) is 2. The van der Waals surface area contributed by atoms with E-state index in [2.05, 4.69) is 6.92 Å². The third-order valence-corrected chi connectivity index (χ3v) is 3.51. The first-order valence-corrected chi connectivity index (χ1v) is 8.29. The molecule has 0 heterocycles. The van der Waals surface area contributed by atoms with Crippen LogP contribution in [0.2, 0.25) is 0 Å². The molecule has 0 aliphatic rings. The molecule has 0 saturated carbocycles. The molecule has 0 aromatic rings. The van der Waals surface area contributed by atoms with E-state index in [1.165, 1.54) is 0 Å². The summed E-state index contributed by atoms with van der Waals surface area (Å²) in [6.45, 7) is 10.2. The Balaban J connectivity index is 4.00. The molecule has 0 aliphatic carbocycles. The number of rotatable bonds is 11. The molecule has 4 nitrogen and oxygen atoms in total. The SMILES string of the molecule is CCCCOC(=O)C(CC)CCCC(C)C(=O)OC(C)C. The molecule has 0 aliphatic heterocycles. The molecule has 124 valence electrons. The van der Waals surface area contributed by atoms with Crippen molar-refractivity contribution in [2.45, 2.75) is 79.2 Å². The molecule has 0 aromatic heterocycles. The molecule has 21 heavy (non-hydrogen) atoms. The zero-order valence-corrected chi connectivity index (χ0v) is 14.3. The van der Waals surface area contributed by atoms with E-state index in [4.69, 9.17) is 9.47 Å². The summed E-state index contributed by atoms with van der Waals surface area (Å²) in [7, 11) is 0. The van der Waals surface area contributed by atoms with E-state index < -0.39 is 0 Å². The fourth-order valence-corrected chi connectivity index (χ4v) is 2.06. The van der Waals surface area contributed by atoms with E-state index in [1.807, 2.05) is 27.7 Å². The highest BCUT2D eigenvalue weighted by Crippen LogP contribution is 2.18. The van der Waals surface area contributed by atoms with Crippen molar-refractivity contribution in [1.29, 1.82) is 0 Å². The lowest BCUT2D eigenvalue weighted by atomic mass is 9.96. The van der Waals surface area contributed by atoms with Gasteiger partial charge in [-0.25, -0.2) is 0 Å². The molecule has 4 heteroatoms. The highest BCUT2D eigenvalue weighted by atomic mass is 16.5. The first-order valence-electron chi connectivity index (χ1n) is 8.29. The molecule has 0 fully saturated rings. The van der Waals surface area contributed by atoms with Crippen LogP contribution in [0.5, 0.6) is 0 Å². The van der Waals surface area contributed by atoms with Crippen molar-refractivity contribution in [2.75, 3.05) is 6.61 Å². The molecular weight excluding hydrogens is 268 g/mol. The number of carbonyl (C=O) groups excluding carboxylic acids is 2. The van der Waals surface area contributed by atoms with Crippen molar-refractivity contribution in [3.63, 3.8) is 0 Å². The highest BCUT2D eigenvalue weighted by molar-refractivity contribution is 5.72. The Labute approximate surface area is 129 Å². The van der Waals surface area contributed by atoms with Gasteiger partial charge in [0.15, 0.2) is 0 Å². The Morgan fingerprint density at radius 2 is 1.62 bits per heavy atom. The van der Waals surface area contributed by atoms with Crippen LogP contribution >= 0.6 is 0 Å². The maximum Gasteiger partial charge on any atom is 0.308 e. The lowest BCUT2D eigenvalue weighted by Crippen LogP contribution is -2.20. The lowest BCUT2D eigenvalue weighted by molar-refractivity contribution is -0.152. The van der Waals surface area contributed by atoms with Gasteiger partial charge in [-0.05, 0) is 39.5 Å². The Hall–Kier alpha value is -1.06. The molecule has 0 amide bonds. The smallest absolute Gasteiger partial charge is 0.308 e. The fourth-order valence-electron chi connectivity index (χ4n) is 2.06. The quantitative estimate of drug-likeness (QED) is 0.425. The summed E-state index contributed by atoms with van der Waals surface area (Å²) in [5.74, 6) is -0.400. The van der Waals surface area contributed by atoms with Crippen molar-refractivity contribution in [1.82, 2.24) is 0 Å². The Morgan fingerprint density at radius 3 is 2.14 bits per heavy atom. The minimum atomic E-state index is -0.149. The van der Waals surface area contributed by atoms with Crippen LogP contribution in [0.15, 0.2) is 0 Å². The summed E-state index contributed by atoms with van der Waals surface area (Å²) in [6.07, 6.45) is 5.04. The summed E-state index contributed by atoms with van der Waals surface area (Å²) < 4.78 is 10.4. The largest absolute Gasteiger partial charge is 0.465 e. The predicted octanol–water partition coefficient (Wildman–Crippen LogP) is 4.11. The molecule has 2 unspecified atom stereocenters. The Kier molecular flexibility index (Phi) is 11.0. The van der Waals surface area contributed by atoms with Crippen molar-refractivity contribution < 1.29 is 19.1 Å². The van der Waals surface area contributed by atoms with Crippen molar-refractivity contribution in [2.24, 2.45) is 11.8 Å². The highest BCUT2D eigenvalue weighted by Gasteiger charge is 2.20. The first-order chi connectivity index (χ1) is 9.92. The predicted molar refractivity (Wildman–Crippen MR) is 83.9 cm³/mol. The van der Waals surface area contributed by atoms with Crippen molar-refractivity contribution >= 4 is 11.9 Å². The molecule has 0 rings (SSSR count). The van der Waals surface area contributed by atoms with Crippen LogP contribution in [0.25, 0.3) is 0 Å². The summed E-state index contributed by atoms with van der Waals surface area (Å²) in [5, 5.41) is 0. The van der Waals surface area contributed by atoms with Crippen LogP contribution in [0.4, 0.5) is 0 Å². The molecule has 0 spiro atoms. The van der Waals surface area contributed by atoms with Gasteiger partial charge < -0.3 is 9.47 Å². The van der Waals surface area contributed by atoms with Gasteiger partial charge in [-0.15, -0.1) is 0 Å². The van der Waals surface area contributed by atoms with E-state index in [1.54, 1.807) is 0 Å². The van der Waals surface area contributed by atoms with Crippen LogP contribution in [-0.4, -0.2) is 24.6 Å². The fraction of sp³-hybridized carbons (Fsp3) is 0.882. The van der Waals surface area contributed by atoms with Gasteiger partial charge in [0.25, 0.3) is 0 Å². The minimum absolute atomic E-state index is 0.0461. The van der Waals surface area contributed by atoms with Gasteiger partial charge >= 0.3 is 11.9 Å². The topological polar surface area (TPSA) is 52.6 Å². The number of unbranched alkanes of at least 4 members (excludes halogenated alkanes) is 1. The summed E-state index contributed by atoms with van der Waals surface area (Å²) in [4.78, 5) is 23.6.